The molecule has 0 aromatic carbocycles. The Morgan fingerprint density at radius 3 is 1.29 bits per heavy atom. The SMILES string of the molecule is CC(C)(CO)[C@@H](O)C(=O)NCCC(=O)OC(=O)CCNC(=O)[C@H](O)C(C)(C)CO.[CaH2].[CaH2]. The quantitative estimate of drug-likeness (QED) is 0.0876. The van der Waals surface area contributed by atoms with Gasteiger partial charge in [-0.3, -0.25) is 19.2 Å². The van der Waals surface area contributed by atoms with Crippen molar-refractivity contribution in [1.82, 2.24) is 10.6 Å². The van der Waals surface area contributed by atoms with E-state index < -0.39 is 60.0 Å². The van der Waals surface area contributed by atoms with Crippen molar-refractivity contribution in [3.8, 4) is 0 Å². The second-order valence-corrected chi connectivity index (χ2v) is 8.03. The fourth-order valence-electron chi connectivity index (χ4n) is 1.88. The first kappa shape index (κ1) is 36.0. The van der Waals surface area contributed by atoms with Crippen molar-refractivity contribution in [2.24, 2.45) is 10.8 Å². The van der Waals surface area contributed by atoms with Gasteiger partial charge in [-0.1, -0.05) is 27.7 Å². The Morgan fingerprint density at radius 1 is 0.742 bits per heavy atom. The number of carbonyl (C=O) groups is 4. The number of amides is 2. The Bertz CT molecular complexity index is 551. The van der Waals surface area contributed by atoms with Gasteiger partial charge in [-0.25, -0.2) is 0 Å². The molecule has 0 bridgehead atoms. The van der Waals surface area contributed by atoms with Gasteiger partial charge in [0.1, 0.15) is 12.2 Å². The number of hydrogen-bond donors (Lipinski definition) is 6. The number of hydrogen-bond acceptors (Lipinski definition) is 9. The minimum atomic E-state index is -1.47. The fourth-order valence-corrected chi connectivity index (χ4v) is 1.88. The number of rotatable bonds is 12. The van der Waals surface area contributed by atoms with Gasteiger partial charge in [0, 0.05) is 23.9 Å². The Labute approximate surface area is 241 Å². The molecule has 0 fully saturated rings. The fraction of sp³-hybridized carbons (Fsp3) is 0.778. The third-order valence-electron chi connectivity index (χ3n) is 4.28. The number of ether oxygens (including phenoxy) is 1. The predicted octanol–water partition coefficient (Wildman–Crippen LogP) is -4.00. The van der Waals surface area contributed by atoms with Crippen molar-refractivity contribution < 1.29 is 44.3 Å². The molecule has 0 rings (SSSR count). The average Bonchev–Trinajstić information content (AvgIpc) is 2.66. The molecule has 0 aromatic heterocycles. The van der Waals surface area contributed by atoms with E-state index in [9.17, 15) is 29.4 Å². The topological polar surface area (TPSA) is 182 Å². The zero-order chi connectivity index (χ0) is 22.8. The normalized spacial score (nSPS) is 13.0. The third kappa shape index (κ3) is 13.7. The minimum absolute atomic E-state index is 0. The standard InChI is InChI=1S/C18H32N2O9.2Ca.4H/c1-17(2,9-21)13(25)15(27)19-7-5-11(23)29-12(24)6-8-20-16(28)14(26)18(3,4)10-22;;;;;;/h13-14,21-22,25-26H,5-10H2,1-4H3,(H,19,27)(H,20,28);;;;;;/t13-,14-;;;;;;/m0....../s1. The maximum absolute atomic E-state index is 11.7. The summed E-state index contributed by atoms with van der Waals surface area (Å²) >= 11 is 0. The second kappa shape index (κ2) is 17.0. The van der Waals surface area contributed by atoms with Crippen LogP contribution in [-0.4, -0.2) is 158 Å². The van der Waals surface area contributed by atoms with Crippen LogP contribution in [0, 0.1) is 10.8 Å². The number of aliphatic hydroxyl groups excluding tert-OH is 4. The van der Waals surface area contributed by atoms with Gasteiger partial charge < -0.3 is 35.8 Å². The molecule has 0 saturated heterocycles. The first-order valence-corrected chi connectivity index (χ1v) is 9.15. The van der Waals surface area contributed by atoms with Crippen LogP contribution in [0.5, 0.6) is 0 Å². The molecule has 0 spiro atoms. The number of carbonyl (C=O) groups excluding carboxylic acids is 4. The van der Waals surface area contributed by atoms with E-state index in [1.165, 1.54) is 27.7 Å². The maximum atomic E-state index is 11.7. The van der Waals surface area contributed by atoms with E-state index >= 15 is 0 Å². The van der Waals surface area contributed by atoms with E-state index in [-0.39, 0.29) is 101 Å². The van der Waals surface area contributed by atoms with Crippen molar-refractivity contribution in [2.45, 2.75) is 52.7 Å². The summed E-state index contributed by atoms with van der Waals surface area (Å²) in [5.41, 5.74) is -2.10. The van der Waals surface area contributed by atoms with Crippen LogP contribution < -0.4 is 10.6 Å². The molecule has 0 aliphatic carbocycles. The van der Waals surface area contributed by atoms with Gasteiger partial charge in [-0.05, 0) is 0 Å². The summed E-state index contributed by atoms with van der Waals surface area (Å²) in [5, 5.41) is 42.4. The Morgan fingerprint density at radius 2 is 1.03 bits per heavy atom. The molecule has 2 atom stereocenters. The molecule has 11 nitrogen and oxygen atoms in total. The molecule has 2 amide bonds. The van der Waals surface area contributed by atoms with Gasteiger partial charge >= 0.3 is 87.4 Å². The third-order valence-corrected chi connectivity index (χ3v) is 4.28. The van der Waals surface area contributed by atoms with Crippen LogP contribution in [-0.2, 0) is 23.9 Å². The Balaban J connectivity index is -0.00000392. The van der Waals surface area contributed by atoms with E-state index in [1.807, 2.05) is 0 Å². The van der Waals surface area contributed by atoms with E-state index in [1.54, 1.807) is 0 Å². The molecule has 13 heteroatoms. The second-order valence-electron chi connectivity index (χ2n) is 8.03. The van der Waals surface area contributed by atoms with Gasteiger partial charge in [0.15, 0.2) is 0 Å². The summed E-state index contributed by atoms with van der Waals surface area (Å²) in [6, 6.07) is 0. The molecule has 0 aliphatic heterocycles. The van der Waals surface area contributed by atoms with Crippen LogP contribution in [0.2, 0.25) is 0 Å². The van der Waals surface area contributed by atoms with Gasteiger partial charge in [-0.15, -0.1) is 0 Å². The summed E-state index contributed by atoms with van der Waals surface area (Å²) in [4.78, 5) is 46.6. The van der Waals surface area contributed by atoms with Crippen LogP contribution in [0.15, 0.2) is 0 Å². The first-order chi connectivity index (χ1) is 13.3. The molecule has 0 aliphatic rings. The predicted molar refractivity (Wildman–Crippen MR) is 117 cm³/mol. The van der Waals surface area contributed by atoms with E-state index in [0.29, 0.717) is 0 Å². The van der Waals surface area contributed by atoms with Crippen molar-refractivity contribution in [3.63, 3.8) is 0 Å². The molecular formula is C18H36Ca2N2O9. The number of aliphatic hydroxyl groups is 4. The summed E-state index contributed by atoms with van der Waals surface area (Å²) < 4.78 is 4.53. The number of esters is 2. The van der Waals surface area contributed by atoms with Crippen LogP contribution >= 0.6 is 0 Å². The summed E-state index contributed by atoms with van der Waals surface area (Å²) in [7, 11) is 0. The van der Waals surface area contributed by atoms with Crippen molar-refractivity contribution in [1.29, 1.82) is 0 Å². The Kier molecular flexibility index (Phi) is 19.7. The van der Waals surface area contributed by atoms with E-state index in [2.05, 4.69) is 15.4 Å². The van der Waals surface area contributed by atoms with Crippen molar-refractivity contribution >= 4 is 99.2 Å². The molecule has 0 aromatic rings. The van der Waals surface area contributed by atoms with Gasteiger partial charge in [0.05, 0.1) is 26.1 Å². The van der Waals surface area contributed by atoms with E-state index in [4.69, 9.17) is 10.2 Å². The molecular weight excluding hydrogens is 468 g/mol. The summed E-state index contributed by atoms with van der Waals surface area (Å²) in [5.74, 6) is -3.34. The molecule has 176 valence electrons. The van der Waals surface area contributed by atoms with Gasteiger partial charge in [-0.2, -0.15) is 0 Å². The van der Waals surface area contributed by atoms with Gasteiger partial charge in [0.2, 0.25) is 11.8 Å². The van der Waals surface area contributed by atoms with Crippen molar-refractivity contribution in [3.05, 3.63) is 0 Å². The van der Waals surface area contributed by atoms with Crippen LogP contribution in [0.25, 0.3) is 0 Å². The molecule has 0 heterocycles. The molecule has 0 radical (unpaired) electrons. The monoisotopic (exact) mass is 504 g/mol. The molecule has 6 N–H and O–H groups in total. The van der Waals surface area contributed by atoms with Gasteiger partial charge in [0.25, 0.3) is 0 Å². The van der Waals surface area contributed by atoms with Crippen LogP contribution in [0.3, 0.4) is 0 Å². The first-order valence-electron chi connectivity index (χ1n) is 9.15. The van der Waals surface area contributed by atoms with Crippen LogP contribution in [0.1, 0.15) is 40.5 Å². The zero-order valence-electron chi connectivity index (χ0n) is 17.2. The summed E-state index contributed by atoms with van der Waals surface area (Å²) in [6.45, 7) is 4.79. The van der Waals surface area contributed by atoms with E-state index in [0.717, 1.165) is 0 Å². The average molecular weight is 505 g/mol. The molecule has 31 heavy (non-hydrogen) atoms. The number of nitrogens with one attached hydrogen (secondary N) is 2. The zero-order valence-corrected chi connectivity index (χ0v) is 17.2. The Hall–Kier alpha value is 0.439. The molecule has 0 unspecified atom stereocenters. The molecule has 0 saturated carbocycles. The summed E-state index contributed by atoms with van der Waals surface area (Å²) in [6.07, 6.45) is -3.58. The van der Waals surface area contributed by atoms with Crippen LogP contribution in [0.4, 0.5) is 0 Å². The van der Waals surface area contributed by atoms with Crippen molar-refractivity contribution in [2.75, 3.05) is 26.3 Å².